The highest BCUT2D eigenvalue weighted by Gasteiger charge is 2.25. The molecule has 1 aliphatic rings. The van der Waals surface area contributed by atoms with Crippen molar-refractivity contribution < 1.29 is 13.2 Å². The highest BCUT2D eigenvalue weighted by molar-refractivity contribution is 7.90. The molecule has 1 aliphatic carbocycles. The molecule has 0 amide bonds. The minimum Gasteiger partial charge on any atom is -0.378 e. The standard InChI is InChI=1S/C11H22O3S/c1-3-7-14-11-5-4-10(9-11)6-8-15(2,12)13/h10-11H,3-9H2,1-2H3. The van der Waals surface area contributed by atoms with Gasteiger partial charge in [-0.05, 0) is 38.0 Å². The summed E-state index contributed by atoms with van der Waals surface area (Å²) in [6, 6.07) is 0. The van der Waals surface area contributed by atoms with E-state index in [2.05, 4.69) is 6.92 Å². The number of ether oxygens (including phenoxy) is 1. The molecule has 0 saturated heterocycles. The Morgan fingerprint density at radius 2 is 2.07 bits per heavy atom. The third-order valence-corrected chi connectivity index (χ3v) is 3.92. The van der Waals surface area contributed by atoms with Crippen LogP contribution in [0, 0.1) is 5.92 Å². The first-order valence-electron chi connectivity index (χ1n) is 5.80. The van der Waals surface area contributed by atoms with Gasteiger partial charge in [0, 0.05) is 12.9 Å². The third kappa shape index (κ3) is 5.52. The Kier molecular flexibility index (Phi) is 5.06. The van der Waals surface area contributed by atoms with Gasteiger partial charge in [-0.3, -0.25) is 0 Å². The molecule has 90 valence electrons. The van der Waals surface area contributed by atoms with E-state index in [1.807, 2.05) is 0 Å². The summed E-state index contributed by atoms with van der Waals surface area (Å²) in [6.45, 7) is 2.94. The van der Waals surface area contributed by atoms with Crippen LogP contribution in [0.4, 0.5) is 0 Å². The molecule has 2 unspecified atom stereocenters. The lowest BCUT2D eigenvalue weighted by Crippen LogP contribution is -2.11. The number of sulfone groups is 1. The smallest absolute Gasteiger partial charge is 0.147 e. The Morgan fingerprint density at radius 3 is 2.67 bits per heavy atom. The van der Waals surface area contributed by atoms with E-state index in [1.165, 1.54) is 6.26 Å². The van der Waals surface area contributed by atoms with Gasteiger partial charge in [0.2, 0.25) is 0 Å². The van der Waals surface area contributed by atoms with Gasteiger partial charge in [-0.25, -0.2) is 8.42 Å². The second-order valence-electron chi connectivity index (χ2n) is 4.59. The van der Waals surface area contributed by atoms with E-state index in [9.17, 15) is 8.42 Å². The maximum atomic E-state index is 11.0. The Bertz CT molecular complexity index is 272. The van der Waals surface area contributed by atoms with E-state index in [1.54, 1.807) is 0 Å². The summed E-state index contributed by atoms with van der Waals surface area (Å²) in [5, 5.41) is 0. The molecule has 2 atom stereocenters. The zero-order valence-electron chi connectivity index (χ0n) is 9.74. The van der Waals surface area contributed by atoms with Gasteiger partial charge >= 0.3 is 0 Å². The van der Waals surface area contributed by atoms with Gasteiger partial charge in [0.15, 0.2) is 0 Å². The fraction of sp³-hybridized carbons (Fsp3) is 1.00. The van der Waals surface area contributed by atoms with Crippen molar-refractivity contribution in [1.29, 1.82) is 0 Å². The fourth-order valence-electron chi connectivity index (χ4n) is 2.11. The SMILES string of the molecule is CCCOC1CCC(CCS(C)(=O)=O)C1. The van der Waals surface area contributed by atoms with Gasteiger partial charge in [0.1, 0.15) is 9.84 Å². The molecule has 0 bridgehead atoms. The van der Waals surface area contributed by atoms with Crippen molar-refractivity contribution in [1.82, 2.24) is 0 Å². The Morgan fingerprint density at radius 1 is 1.33 bits per heavy atom. The van der Waals surface area contributed by atoms with E-state index in [0.717, 1.165) is 38.7 Å². The quantitative estimate of drug-likeness (QED) is 0.706. The molecule has 0 aromatic carbocycles. The second kappa shape index (κ2) is 5.85. The average molecular weight is 234 g/mol. The topological polar surface area (TPSA) is 43.4 Å². The van der Waals surface area contributed by atoms with Crippen molar-refractivity contribution in [2.45, 2.75) is 45.1 Å². The molecule has 0 aliphatic heterocycles. The first kappa shape index (κ1) is 13.0. The largest absolute Gasteiger partial charge is 0.378 e. The van der Waals surface area contributed by atoms with Gasteiger partial charge in [0.25, 0.3) is 0 Å². The van der Waals surface area contributed by atoms with Gasteiger partial charge in [-0.2, -0.15) is 0 Å². The molecule has 3 nitrogen and oxygen atoms in total. The summed E-state index contributed by atoms with van der Waals surface area (Å²) < 4.78 is 27.7. The van der Waals surface area contributed by atoms with Crippen LogP contribution >= 0.6 is 0 Å². The van der Waals surface area contributed by atoms with Crippen molar-refractivity contribution in [3.05, 3.63) is 0 Å². The van der Waals surface area contributed by atoms with Crippen LogP contribution in [0.15, 0.2) is 0 Å². The van der Waals surface area contributed by atoms with Crippen LogP contribution in [-0.4, -0.2) is 33.1 Å². The van der Waals surface area contributed by atoms with Crippen molar-refractivity contribution >= 4 is 9.84 Å². The van der Waals surface area contributed by atoms with E-state index < -0.39 is 9.84 Å². The highest BCUT2D eigenvalue weighted by Crippen LogP contribution is 2.30. The van der Waals surface area contributed by atoms with Gasteiger partial charge < -0.3 is 4.74 Å². The molecule has 1 fully saturated rings. The number of hydrogen-bond donors (Lipinski definition) is 0. The zero-order valence-corrected chi connectivity index (χ0v) is 10.6. The molecule has 0 heterocycles. The molecular weight excluding hydrogens is 212 g/mol. The van der Waals surface area contributed by atoms with Crippen LogP contribution in [-0.2, 0) is 14.6 Å². The number of rotatable bonds is 6. The maximum absolute atomic E-state index is 11.0. The molecule has 0 radical (unpaired) electrons. The van der Waals surface area contributed by atoms with Crippen LogP contribution < -0.4 is 0 Å². The van der Waals surface area contributed by atoms with Crippen LogP contribution in [0.25, 0.3) is 0 Å². The van der Waals surface area contributed by atoms with E-state index in [-0.39, 0.29) is 0 Å². The first-order chi connectivity index (χ1) is 7.01. The summed E-state index contributed by atoms with van der Waals surface area (Å²) in [4.78, 5) is 0. The monoisotopic (exact) mass is 234 g/mol. The van der Waals surface area contributed by atoms with Gasteiger partial charge in [-0.15, -0.1) is 0 Å². The Hall–Kier alpha value is -0.0900. The van der Waals surface area contributed by atoms with Crippen LogP contribution in [0.3, 0.4) is 0 Å². The van der Waals surface area contributed by atoms with Crippen molar-refractivity contribution in [2.24, 2.45) is 5.92 Å². The Labute approximate surface area is 93.1 Å². The molecule has 1 rings (SSSR count). The summed E-state index contributed by atoms with van der Waals surface area (Å²) in [7, 11) is -2.79. The Balaban J connectivity index is 2.19. The van der Waals surface area contributed by atoms with Crippen LogP contribution in [0.5, 0.6) is 0 Å². The van der Waals surface area contributed by atoms with Gasteiger partial charge in [-0.1, -0.05) is 6.92 Å². The highest BCUT2D eigenvalue weighted by atomic mass is 32.2. The molecule has 1 saturated carbocycles. The second-order valence-corrected chi connectivity index (χ2v) is 6.85. The molecule has 0 aromatic rings. The average Bonchev–Trinajstić information content (AvgIpc) is 2.58. The van der Waals surface area contributed by atoms with Crippen molar-refractivity contribution in [3.63, 3.8) is 0 Å². The summed E-state index contributed by atoms with van der Waals surface area (Å²) >= 11 is 0. The van der Waals surface area contributed by atoms with Crippen molar-refractivity contribution in [3.8, 4) is 0 Å². The predicted molar refractivity (Wildman–Crippen MR) is 61.7 cm³/mol. The third-order valence-electron chi connectivity index (χ3n) is 2.95. The summed E-state index contributed by atoms with van der Waals surface area (Å²) in [6.07, 6.45) is 6.85. The maximum Gasteiger partial charge on any atom is 0.147 e. The normalized spacial score (nSPS) is 27.1. The van der Waals surface area contributed by atoms with E-state index in [0.29, 0.717) is 17.8 Å². The first-order valence-corrected chi connectivity index (χ1v) is 7.86. The summed E-state index contributed by atoms with van der Waals surface area (Å²) in [5.74, 6) is 0.889. The summed E-state index contributed by atoms with van der Waals surface area (Å²) in [5.41, 5.74) is 0. The molecule has 0 spiro atoms. The van der Waals surface area contributed by atoms with E-state index in [4.69, 9.17) is 4.74 Å². The molecule has 0 N–H and O–H groups in total. The minimum absolute atomic E-state index is 0.332. The van der Waals surface area contributed by atoms with Gasteiger partial charge in [0.05, 0.1) is 11.9 Å². The van der Waals surface area contributed by atoms with Crippen LogP contribution in [0.2, 0.25) is 0 Å². The predicted octanol–water partition coefficient (Wildman–Crippen LogP) is 2.02. The fourth-order valence-corrected chi connectivity index (χ4v) is 2.87. The van der Waals surface area contributed by atoms with Crippen LogP contribution in [0.1, 0.15) is 39.0 Å². The molecule has 0 aromatic heterocycles. The zero-order chi connectivity index (χ0) is 11.3. The number of hydrogen-bond acceptors (Lipinski definition) is 3. The lowest BCUT2D eigenvalue weighted by atomic mass is 10.1. The molecule has 4 heteroatoms. The lowest BCUT2D eigenvalue weighted by Gasteiger charge is -2.11. The van der Waals surface area contributed by atoms with E-state index >= 15 is 0 Å². The molecule has 15 heavy (non-hydrogen) atoms. The van der Waals surface area contributed by atoms with Crippen molar-refractivity contribution in [2.75, 3.05) is 18.6 Å². The molecular formula is C11H22O3S. The minimum atomic E-state index is -2.79. The lowest BCUT2D eigenvalue weighted by molar-refractivity contribution is 0.0559.